The average molecular weight is 223 g/mol. The van der Waals surface area contributed by atoms with Crippen LogP contribution in [0.15, 0.2) is 17.5 Å². The highest BCUT2D eigenvalue weighted by molar-refractivity contribution is 7.10. The van der Waals surface area contributed by atoms with Crippen LogP contribution in [0.5, 0.6) is 0 Å². The van der Waals surface area contributed by atoms with Gasteiger partial charge in [-0.25, -0.2) is 0 Å². The van der Waals surface area contributed by atoms with Crippen molar-refractivity contribution in [1.82, 2.24) is 5.32 Å². The molecule has 0 spiro atoms. The molecule has 0 unspecified atom stereocenters. The second-order valence-electron chi connectivity index (χ2n) is 4.85. The Kier molecular flexibility index (Phi) is 3.47. The average Bonchev–Trinajstić information content (AvgIpc) is 2.67. The molecule has 1 saturated carbocycles. The summed E-state index contributed by atoms with van der Waals surface area (Å²) in [6.07, 6.45) is 5.53. The van der Waals surface area contributed by atoms with Crippen LogP contribution in [0.2, 0.25) is 0 Å². The van der Waals surface area contributed by atoms with E-state index in [4.69, 9.17) is 0 Å². The molecule has 15 heavy (non-hydrogen) atoms. The summed E-state index contributed by atoms with van der Waals surface area (Å²) in [7, 11) is 2.07. The Balaban J connectivity index is 2.03. The summed E-state index contributed by atoms with van der Waals surface area (Å²) >= 11 is 1.93. The standard InChI is InChI=1S/C13H21NS/c1-3-5-11-8-13(9-11,10-14-2)12-6-4-7-15-12/h4,6-7,11,14H,3,5,8-10H2,1-2H3. The Hall–Kier alpha value is -0.340. The molecule has 2 rings (SSSR count). The van der Waals surface area contributed by atoms with Gasteiger partial charge in [0.1, 0.15) is 0 Å². The third kappa shape index (κ3) is 2.11. The normalized spacial score (nSPS) is 30.1. The van der Waals surface area contributed by atoms with Crippen molar-refractivity contribution in [3.8, 4) is 0 Å². The first-order valence-corrected chi connectivity index (χ1v) is 6.87. The van der Waals surface area contributed by atoms with Crippen LogP contribution >= 0.6 is 11.3 Å². The summed E-state index contributed by atoms with van der Waals surface area (Å²) in [4.78, 5) is 1.59. The van der Waals surface area contributed by atoms with Crippen molar-refractivity contribution in [3.05, 3.63) is 22.4 Å². The van der Waals surface area contributed by atoms with Gasteiger partial charge < -0.3 is 5.32 Å². The summed E-state index contributed by atoms with van der Waals surface area (Å²) in [6.45, 7) is 3.44. The lowest BCUT2D eigenvalue weighted by Gasteiger charge is -2.47. The van der Waals surface area contributed by atoms with E-state index in [-0.39, 0.29) is 0 Å². The first kappa shape index (κ1) is 11.2. The molecule has 0 atom stereocenters. The van der Waals surface area contributed by atoms with Gasteiger partial charge in [-0.05, 0) is 37.3 Å². The minimum Gasteiger partial charge on any atom is -0.319 e. The molecule has 1 aliphatic carbocycles. The fourth-order valence-corrected chi connectivity index (χ4v) is 3.96. The highest BCUT2D eigenvalue weighted by Crippen LogP contribution is 2.50. The third-order valence-corrected chi connectivity index (χ3v) is 4.73. The van der Waals surface area contributed by atoms with Crippen LogP contribution < -0.4 is 5.32 Å². The molecule has 1 aromatic heterocycles. The van der Waals surface area contributed by atoms with E-state index in [1.54, 1.807) is 4.88 Å². The van der Waals surface area contributed by atoms with Crippen LogP contribution in [0.25, 0.3) is 0 Å². The molecule has 1 fully saturated rings. The Morgan fingerprint density at radius 3 is 2.87 bits per heavy atom. The molecule has 0 amide bonds. The van der Waals surface area contributed by atoms with Gasteiger partial charge in [-0.15, -0.1) is 11.3 Å². The molecule has 1 aromatic rings. The zero-order chi connectivity index (χ0) is 10.7. The van der Waals surface area contributed by atoms with Crippen molar-refractivity contribution < 1.29 is 0 Å². The summed E-state index contributed by atoms with van der Waals surface area (Å²) in [6, 6.07) is 4.49. The van der Waals surface area contributed by atoms with Gasteiger partial charge >= 0.3 is 0 Å². The SMILES string of the molecule is CCCC1CC(CNC)(c2cccs2)C1. The number of hydrogen-bond acceptors (Lipinski definition) is 2. The van der Waals surface area contributed by atoms with Crippen LogP contribution in [0.3, 0.4) is 0 Å². The first-order valence-electron chi connectivity index (χ1n) is 5.99. The zero-order valence-electron chi connectivity index (χ0n) is 9.75. The Morgan fingerprint density at radius 1 is 1.53 bits per heavy atom. The van der Waals surface area contributed by atoms with Gasteiger partial charge in [0.2, 0.25) is 0 Å². The summed E-state index contributed by atoms with van der Waals surface area (Å²) < 4.78 is 0. The van der Waals surface area contributed by atoms with E-state index < -0.39 is 0 Å². The van der Waals surface area contributed by atoms with Gasteiger partial charge in [-0.3, -0.25) is 0 Å². The fraction of sp³-hybridized carbons (Fsp3) is 0.692. The van der Waals surface area contributed by atoms with Crippen LogP contribution in [0.4, 0.5) is 0 Å². The number of rotatable bonds is 5. The van der Waals surface area contributed by atoms with E-state index in [1.807, 2.05) is 11.3 Å². The molecule has 1 nitrogen and oxygen atoms in total. The Morgan fingerprint density at radius 2 is 2.33 bits per heavy atom. The minimum absolute atomic E-state index is 0.475. The Bertz CT molecular complexity index is 285. The largest absolute Gasteiger partial charge is 0.319 e. The highest BCUT2D eigenvalue weighted by Gasteiger charge is 2.44. The molecular weight excluding hydrogens is 202 g/mol. The number of thiophene rings is 1. The number of nitrogens with one attached hydrogen (secondary N) is 1. The smallest absolute Gasteiger partial charge is 0.0177 e. The van der Waals surface area contributed by atoms with Crippen molar-refractivity contribution in [2.75, 3.05) is 13.6 Å². The van der Waals surface area contributed by atoms with Gasteiger partial charge in [0.25, 0.3) is 0 Å². The molecule has 0 saturated heterocycles. The second kappa shape index (κ2) is 4.67. The maximum Gasteiger partial charge on any atom is 0.0177 e. The topological polar surface area (TPSA) is 12.0 Å². The van der Waals surface area contributed by atoms with Gasteiger partial charge in [0.05, 0.1) is 0 Å². The van der Waals surface area contributed by atoms with Crippen molar-refractivity contribution in [3.63, 3.8) is 0 Å². The molecule has 1 N–H and O–H groups in total. The first-order chi connectivity index (χ1) is 7.30. The van der Waals surface area contributed by atoms with E-state index in [0.29, 0.717) is 5.41 Å². The van der Waals surface area contributed by atoms with E-state index >= 15 is 0 Å². The molecule has 0 radical (unpaired) electrons. The maximum absolute atomic E-state index is 3.37. The summed E-state index contributed by atoms with van der Waals surface area (Å²) in [5.41, 5.74) is 0.475. The lowest BCUT2D eigenvalue weighted by atomic mass is 9.60. The van der Waals surface area contributed by atoms with E-state index in [0.717, 1.165) is 12.5 Å². The summed E-state index contributed by atoms with van der Waals surface area (Å²) in [5, 5.41) is 5.58. The number of likely N-dealkylation sites (N-methyl/N-ethyl adjacent to an activating group) is 1. The van der Waals surface area contributed by atoms with E-state index in [1.165, 1.54) is 25.7 Å². The van der Waals surface area contributed by atoms with Crippen LogP contribution in [-0.2, 0) is 5.41 Å². The fourth-order valence-electron chi connectivity index (χ4n) is 3.01. The lowest BCUT2D eigenvalue weighted by Crippen LogP contribution is -2.47. The predicted octanol–water partition coefficient (Wildman–Crippen LogP) is 3.42. The monoisotopic (exact) mass is 223 g/mol. The molecule has 0 aliphatic heterocycles. The van der Waals surface area contributed by atoms with Crippen LogP contribution in [0, 0.1) is 5.92 Å². The number of hydrogen-bond donors (Lipinski definition) is 1. The molecule has 0 aromatic carbocycles. The van der Waals surface area contributed by atoms with Crippen molar-refractivity contribution in [2.24, 2.45) is 5.92 Å². The molecular formula is C13H21NS. The quantitative estimate of drug-likeness (QED) is 0.806. The predicted molar refractivity (Wildman–Crippen MR) is 67.6 cm³/mol. The van der Waals surface area contributed by atoms with E-state index in [9.17, 15) is 0 Å². The van der Waals surface area contributed by atoms with Gasteiger partial charge in [-0.1, -0.05) is 25.8 Å². The highest BCUT2D eigenvalue weighted by atomic mass is 32.1. The van der Waals surface area contributed by atoms with Crippen LogP contribution in [0.1, 0.15) is 37.5 Å². The van der Waals surface area contributed by atoms with Gasteiger partial charge in [0.15, 0.2) is 0 Å². The van der Waals surface area contributed by atoms with Gasteiger partial charge in [0, 0.05) is 16.8 Å². The molecule has 1 aliphatic rings. The molecule has 0 bridgehead atoms. The van der Waals surface area contributed by atoms with Crippen molar-refractivity contribution >= 4 is 11.3 Å². The van der Waals surface area contributed by atoms with Crippen molar-refractivity contribution in [2.45, 2.75) is 38.0 Å². The van der Waals surface area contributed by atoms with Crippen LogP contribution in [-0.4, -0.2) is 13.6 Å². The molecule has 1 heterocycles. The zero-order valence-corrected chi connectivity index (χ0v) is 10.6. The third-order valence-electron chi connectivity index (χ3n) is 3.61. The Labute approximate surface area is 96.9 Å². The minimum atomic E-state index is 0.475. The molecule has 84 valence electrons. The summed E-state index contributed by atoms with van der Waals surface area (Å²) in [5.74, 6) is 0.977. The van der Waals surface area contributed by atoms with E-state index in [2.05, 4.69) is 36.8 Å². The lowest BCUT2D eigenvalue weighted by molar-refractivity contribution is 0.134. The van der Waals surface area contributed by atoms with Crippen molar-refractivity contribution in [1.29, 1.82) is 0 Å². The molecule has 2 heteroatoms. The van der Waals surface area contributed by atoms with Gasteiger partial charge in [-0.2, -0.15) is 0 Å². The second-order valence-corrected chi connectivity index (χ2v) is 5.80. The maximum atomic E-state index is 3.37.